The van der Waals surface area contributed by atoms with Crippen LogP contribution in [0.3, 0.4) is 0 Å². The lowest BCUT2D eigenvalue weighted by Gasteiger charge is -2.06. The molecule has 1 N–H and O–H groups in total. The van der Waals surface area contributed by atoms with Gasteiger partial charge in [-0.2, -0.15) is 0 Å². The second kappa shape index (κ2) is 5.18. The molecular formula is C15H14N2. The number of rotatable bonds is 3. The largest absolute Gasteiger partial charge is 0.379 e. The quantitative estimate of drug-likeness (QED) is 0.807. The Morgan fingerprint density at radius 2 is 2.18 bits per heavy atom. The minimum atomic E-state index is 0.703. The molecule has 0 aliphatic heterocycles. The lowest BCUT2D eigenvalue weighted by molar-refractivity contribution is 1.04. The summed E-state index contributed by atoms with van der Waals surface area (Å²) in [5, 5.41) is 3.30. The fraction of sp³-hybridized carbons (Fsp3) is 0.133. The smallest absolute Gasteiger partial charge is 0.0594 e. The predicted molar refractivity (Wildman–Crippen MR) is 70.7 cm³/mol. The van der Waals surface area contributed by atoms with Gasteiger partial charge in [0, 0.05) is 17.4 Å². The molecular weight excluding hydrogens is 208 g/mol. The molecule has 0 saturated heterocycles. The first-order valence-corrected chi connectivity index (χ1v) is 5.50. The standard InChI is InChI=1S/C15H14N2/c1-3-13-5-4-6-14(9-13)17-11-15-8-7-12(2)10-16-15/h1,4-10,17H,11H2,2H3. The number of hydrogen-bond donors (Lipinski definition) is 1. The Balaban J connectivity index is 2.02. The molecule has 2 rings (SSSR count). The summed E-state index contributed by atoms with van der Waals surface area (Å²) < 4.78 is 0. The third-order valence-electron chi connectivity index (χ3n) is 2.48. The van der Waals surface area contributed by atoms with E-state index in [1.807, 2.05) is 43.5 Å². The first kappa shape index (κ1) is 11.2. The lowest BCUT2D eigenvalue weighted by Crippen LogP contribution is -2.01. The van der Waals surface area contributed by atoms with E-state index >= 15 is 0 Å². The molecule has 1 heterocycles. The Kier molecular flexibility index (Phi) is 3.42. The molecule has 0 fully saturated rings. The second-order valence-electron chi connectivity index (χ2n) is 3.91. The lowest BCUT2D eigenvalue weighted by atomic mass is 10.2. The highest BCUT2D eigenvalue weighted by Gasteiger charge is 1.96. The summed E-state index contributed by atoms with van der Waals surface area (Å²) in [4.78, 5) is 4.33. The summed E-state index contributed by atoms with van der Waals surface area (Å²) in [6.45, 7) is 2.73. The molecule has 1 aromatic heterocycles. The van der Waals surface area contributed by atoms with Crippen molar-refractivity contribution in [2.45, 2.75) is 13.5 Å². The van der Waals surface area contributed by atoms with Gasteiger partial charge in [0.15, 0.2) is 0 Å². The van der Waals surface area contributed by atoms with Crippen molar-refractivity contribution in [2.24, 2.45) is 0 Å². The number of hydrogen-bond acceptors (Lipinski definition) is 2. The van der Waals surface area contributed by atoms with Crippen molar-refractivity contribution in [1.29, 1.82) is 0 Å². The van der Waals surface area contributed by atoms with Gasteiger partial charge >= 0.3 is 0 Å². The zero-order chi connectivity index (χ0) is 12.1. The molecule has 1 aromatic carbocycles. The van der Waals surface area contributed by atoms with Crippen LogP contribution in [-0.4, -0.2) is 4.98 Å². The Bertz CT molecular complexity index is 536. The van der Waals surface area contributed by atoms with Crippen LogP contribution in [0.2, 0.25) is 0 Å². The van der Waals surface area contributed by atoms with E-state index in [1.165, 1.54) is 5.56 Å². The van der Waals surface area contributed by atoms with Crippen LogP contribution in [0.25, 0.3) is 0 Å². The molecule has 2 heteroatoms. The van der Waals surface area contributed by atoms with Crippen LogP contribution in [0.1, 0.15) is 16.8 Å². The number of nitrogens with zero attached hydrogens (tertiary/aromatic N) is 1. The van der Waals surface area contributed by atoms with Crippen molar-refractivity contribution in [3.63, 3.8) is 0 Å². The van der Waals surface area contributed by atoms with Crippen LogP contribution >= 0.6 is 0 Å². The highest BCUT2D eigenvalue weighted by Crippen LogP contribution is 2.11. The fourth-order valence-electron chi connectivity index (χ4n) is 1.51. The van der Waals surface area contributed by atoms with E-state index in [-0.39, 0.29) is 0 Å². The maximum Gasteiger partial charge on any atom is 0.0594 e. The number of terminal acetylenes is 1. The van der Waals surface area contributed by atoms with Gasteiger partial charge in [0.2, 0.25) is 0 Å². The van der Waals surface area contributed by atoms with Crippen molar-refractivity contribution in [3.8, 4) is 12.3 Å². The number of aromatic nitrogens is 1. The van der Waals surface area contributed by atoms with E-state index in [1.54, 1.807) is 0 Å². The van der Waals surface area contributed by atoms with Gasteiger partial charge in [0.1, 0.15) is 0 Å². The predicted octanol–water partition coefficient (Wildman–Crippen LogP) is 2.98. The maximum atomic E-state index is 5.35. The van der Waals surface area contributed by atoms with Crippen LogP contribution in [-0.2, 0) is 6.54 Å². The van der Waals surface area contributed by atoms with Crippen molar-refractivity contribution >= 4 is 5.69 Å². The third-order valence-corrected chi connectivity index (χ3v) is 2.48. The Hall–Kier alpha value is -2.27. The Labute approximate surface area is 102 Å². The van der Waals surface area contributed by atoms with Crippen molar-refractivity contribution in [1.82, 2.24) is 4.98 Å². The van der Waals surface area contributed by atoms with Gasteiger partial charge in [-0.3, -0.25) is 4.98 Å². The number of pyridine rings is 1. The number of nitrogens with one attached hydrogen (secondary N) is 1. The molecule has 0 bridgehead atoms. The average Bonchev–Trinajstić information content (AvgIpc) is 2.38. The summed E-state index contributed by atoms with van der Waals surface area (Å²) in [6, 6.07) is 11.9. The average molecular weight is 222 g/mol. The normalized spacial score (nSPS) is 9.65. The molecule has 0 saturated carbocycles. The Morgan fingerprint density at radius 1 is 1.29 bits per heavy atom. The molecule has 0 amide bonds. The van der Waals surface area contributed by atoms with Crippen molar-refractivity contribution in [2.75, 3.05) is 5.32 Å². The molecule has 2 nitrogen and oxygen atoms in total. The highest BCUT2D eigenvalue weighted by atomic mass is 14.9. The first-order chi connectivity index (χ1) is 8.28. The van der Waals surface area contributed by atoms with Crippen LogP contribution in [0.4, 0.5) is 5.69 Å². The van der Waals surface area contributed by atoms with E-state index in [9.17, 15) is 0 Å². The van der Waals surface area contributed by atoms with E-state index in [0.717, 1.165) is 16.9 Å². The van der Waals surface area contributed by atoms with Crippen LogP contribution in [0, 0.1) is 19.3 Å². The summed E-state index contributed by atoms with van der Waals surface area (Å²) in [7, 11) is 0. The molecule has 0 aliphatic carbocycles. The summed E-state index contributed by atoms with van der Waals surface area (Å²) >= 11 is 0. The monoisotopic (exact) mass is 222 g/mol. The second-order valence-corrected chi connectivity index (χ2v) is 3.91. The minimum Gasteiger partial charge on any atom is -0.379 e. The van der Waals surface area contributed by atoms with Gasteiger partial charge in [0.25, 0.3) is 0 Å². The maximum absolute atomic E-state index is 5.35. The first-order valence-electron chi connectivity index (χ1n) is 5.50. The summed E-state index contributed by atoms with van der Waals surface area (Å²) in [5.74, 6) is 2.62. The molecule has 17 heavy (non-hydrogen) atoms. The summed E-state index contributed by atoms with van der Waals surface area (Å²) in [5.41, 5.74) is 4.08. The molecule has 84 valence electrons. The number of aryl methyl sites for hydroxylation is 1. The zero-order valence-corrected chi connectivity index (χ0v) is 9.77. The highest BCUT2D eigenvalue weighted by molar-refractivity contribution is 5.50. The van der Waals surface area contributed by atoms with Crippen LogP contribution < -0.4 is 5.32 Å². The molecule has 0 atom stereocenters. The van der Waals surface area contributed by atoms with Gasteiger partial charge < -0.3 is 5.32 Å². The topological polar surface area (TPSA) is 24.9 Å². The van der Waals surface area contributed by atoms with Gasteiger partial charge in [-0.05, 0) is 36.8 Å². The molecule has 0 spiro atoms. The third kappa shape index (κ3) is 3.09. The molecule has 0 radical (unpaired) electrons. The summed E-state index contributed by atoms with van der Waals surface area (Å²) in [6.07, 6.45) is 7.22. The van der Waals surface area contributed by atoms with E-state index in [0.29, 0.717) is 6.54 Å². The SMILES string of the molecule is C#Cc1cccc(NCc2ccc(C)cn2)c1. The fourth-order valence-corrected chi connectivity index (χ4v) is 1.51. The molecule has 2 aromatic rings. The van der Waals surface area contributed by atoms with Gasteiger partial charge in [-0.1, -0.05) is 18.1 Å². The van der Waals surface area contributed by atoms with Gasteiger partial charge in [-0.15, -0.1) is 6.42 Å². The zero-order valence-electron chi connectivity index (χ0n) is 9.77. The molecule has 0 unspecified atom stereocenters. The molecule has 0 aliphatic rings. The van der Waals surface area contributed by atoms with Gasteiger partial charge in [0.05, 0.1) is 12.2 Å². The van der Waals surface area contributed by atoms with E-state index < -0.39 is 0 Å². The van der Waals surface area contributed by atoms with E-state index in [2.05, 4.69) is 22.3 Å². The van der Waals surface area contributed by atoms with Crippen molar-refractivity contribution < 1.29 is 0 Å². The number of benzene rings is 1. The Morgan fingerprint density at radius 3 is 2.88 bits per heavy atom. The van der Waals surface area contributed by atoms with Crippen molar-refractivity contribution in [3.05, 3.63) is 59.4 Å². The van der Waals surface area contributed by atoms with Crippen LogP contribution in [0.15, 0.2) is 42.6 Å². The minimum absolute atomic E-state index is 0.703. The van der Waals surface area contributed by atoms with Gasteiger partial charge in [-0.25, -0.2) is 0 Å². The number of anilines is 1. The van der Waals surface area contributed by atoms with E-state index in [4.69, 9.17) is 6.42 Å². The van der Waals surface area contributed by atoms with Crippen LogP contribution in [0.5, 0.6) is 0 Å².